The molecule has 6 atom stereocenters. The zero-order valence-corrected chi connectivity index (χ0v) is 26.9. The van der Waals surface area contributed by atoms with E-state index in [4.69, 9.17) is 4.74 Å². The van der Waals surface area contributed by atoms with Crippen LogP contribution in [0, 0.1) is 23.2 Å². The lowest BCUT2D eigenvalue weighted by molar-refractivity contribution is -0.158. The van der Waals surface area contributed by atoms with E-state index in [1.807, 2.05) is 18.7 Å². The van der Waals surface area contributed by atoms with E-state index in [0.717, 1.165) is 12.8 Å². The van der Waals surface area contributed by atoms with E-state index < -0.39 is 34.6 Å². The maximum Gasteiger partial charge on any atom is 0.249 e. The molecule has 0 aliphatic carbocycles. The van der Waals surface area contributed by atoms with Crippen LogP contribution in [0.2, 0.25) is 0 Å². The van der Waals surface area contributed by atoms with Crippen LogP contribution in [-0.4, -0.2) is 93.1 Å². The van der Waals surface area contributed by atoms with E-state index in [1.54, 1.807) is 22.0 Å². The van der Waals surface area contributed by atoms with Crippen LogP contribution in [0.15, 0.2) is 25.3 Å². The zero-order valence-electron chi connectivity index (χ0n) is 26.9. The molecule has 1 spiro atoms. The van der Waals surface area contributed by atoms with Crippen molar-refractivity contribution in [2.45, 2.75) is 110 Å². The Bertz CT molecular complexity index is 1020. The number of rotatable bonds is 14. The second-order valence-corrected chi connectivity index (χ2v) is 14.5. The van der Waals surface area contributed by atoms with Crippen LogP contribution >= 0.6 is 0 Å². The van der Waals surface area contributed by atoms with Gasteiger partial charge in [-0.05, 0) is 64.2 Å². The monoisotopic (exact) mass is 573 g/mol. The molecule has 3 heterocycles. The molecule has 0 aromatic carbocycles. The summed E-state index contributed by atoms with van der Waals surface area (Å²) in [5.41, 5.74) is -2.50. The highest BCUT2D eigenvalue weighted by atomic mass is 16.5. The van der Waals surface area contributed by atoms with Crippen LogP contribution in [-0.2, 0) is 19.1 Å². The Morgan fingerprint density at radius 3 is 2.29 bits per heavy atom. The Morgan fingerprint density at radius 1 is 1.12 bits per heavy atom. The second-order valence-electron chi connectivity index (χ2n) is 14.5. The minimum Gasteiger partial charge on any atom is -0.396 e. The molecular weight excluding hydrogens is 518 g/mol. The van der Waals surface area contributed by atoms with Crippen molar-refractivity contribution in [2.75, 3.05) is 32.8 Å². The van der Waals surface area contributed by atoms with E-state index in [1.165, 1.54) is 0 Å². The maximum atomic E-state index is 14.9. The number of amides is 3. The number of unbranched alkanes of at least 4 members (excludes halogenated alkanes) is 1. The molecule has 232 valence electrons. The predicted octanol–water partition coefficient (Wildman–Crippen LogP) is 4.42. The lowest BCUT2D eigenvalue weighted by atomic mass is 9.62. The van der Waals surface area contributed by atoms with Gasteiger partial charge in [-0.3, -0.25) is 14.4 Å². The molecule has 3 fully saturated rings. The van der Waals surface area contributed by atoms with Gasteiger partial charge in [0.2, 0.25) is 17.7 Å². The molecule has 8 nitrogen and oxygen atoms in total. The Morgan fingerprint density at radius 2 is 1.76 bits per heavy atom. The number of nitrogens with zero attached hydrogens (tertiary/aromatic N) is 3. The number of hydrogen-bond acceptors (Lipinski definition) is 5. The van der Waals surface area contributed by atoms with E-state index in [0.29, 0.717) is 45.4 Å². The van der Waals surface area contributed by atoms with Gasteiger partial charge in [-0.1, -0.05) is 46.8 Å². The molecule has 3 saturated heterocycles. The van der Waals surface area contributed by atoms with Crippen LogP contribution in [0.3, 0.4) is 0 Å². The Balaban J connectivity index is 2.15. The van der Waals surface area contributed by atoms with Gasteiger partial charge >= 0.3 is 0 Å². The van der Waals surface area contributed by atoms with Gasteiger partial charge in [-0.15, -0.1) is 13.2 Å². The first kappa shape index (κ1) is 33.3. The lowest BCUT2D eigenvalue weighted by Crippen LogP contribution is -2.61. The van der Waals surface area contributed by atoms with Gasteiger partial charge < -0.3 is 24.5 Å². The number of carbonyl (C=O) groups excluding carboxylic acids is 3. The molecule has 2 bridgehead atoms. The van der Waals surface area contributed by atoms with Gasteiger partial charge in [-0.2, -0.15) is 0 Å². The number of fused-ring (bicyclic) bond motifs is 1. The van der Waals surface area contributed by atoms with E-state index in [2.05, 4.69) is 54.7 Å². The Labute approximate surface area is 248 Å². The largest absolute Gasteiger partial charge is 0.396 e. The SMILES string of the molecule is C=CCN(CCC)C(=O)[C@@H]1[C@H]2C(=O)N(CCCCO)C(C(=O)N(CC=C)C(C)(C)CC(C)(C)C)C23CC(C)[C@@]1(C)O3. The van der Waals surface area contributed by atoms with Crippen LogP contribution < -0.4 is 0 Å². The van der Waals surface area contributed by atoms with Crippen molar-refractivity contribution >= 4 is 17.7 Å². The Kier molecular flexibility index (Phi) is 9.91. The van der Waals surface area contributed by atoms with Crippen molar-refractivity contribution in [1.29, 1.82) is 0 Å². The van der Waals surface area contributed by atoms with Gasteiger partial charge in [0.05, 0.1) is 17.4 Å². The molecule has 41 heavy (non-hydrogen) atoms. The number of ether oxygens (including phenoxy) is 1. The number of hydrogen-bond donors (Lipinski definition) is 1. The topological polar surface area (TPSA) is 90.4 Å². The highest BCUT2D eigenvalue weighted by Gasteiger charge is 2.80. The van der Waals surface area contributed by atoms with Gasteiger partial charge in [0.25, 0.3) is 0 Å². The maximum absolute atomic E-state index is 14.9. The average molecular weight is 574 g/mol. The van der Waals surface area contributed by atoms with Crippen molar-refractivity contribution in [3.63, 3.8) is 0 Å². The van der Waals surface area contributed by atoms with E-state index in [-0.39, 0.29) is 35.7 Å². The molecule has 0 saturated carbocycles. The standard InChI is InChI=1S/C33H55N3O5/c1-11-16-34(17-12-2)27(38)24-25-28(39)35(19-14-15-20-37)26(33(25)21-23(4)32(24,10)41-33)29(40)36(18-13-3)31(8,9)22-30(5,6)7/h11,13,23-26,37H,1,3,12,14-22H2,2,4-10H3/t23?,24-,25-,26?,32+,33?/m0/s1. The van der Waals surface area contributed by atoms with Gasteiger partial charge in [0.1, 0.15) is 11.6 Å². The Hall–Kier alpha value is -2.19. The normalized spacial score (nSPS) is 30.9. The summed E-state index contributed by atoms with van der Waals surface area (Å²) in [4.78, 5) is 48.9. The third kappa shape index (κ3) is 5.88. The zero-order chi connectivity index (χ0) is 31.0. The summed E-state index contributed by atoms with van der Waals surface area (Å²) in [6.07, 6.45) is 6.62. The average Bonchev–Trinajstić information content (AvgIpc) is 3.37. The summed E-state index contributed by atoms with van der Waals surface area (Å²) >= 11 is 0. The minimum absolute atomic E-state index is 0.0106. The summed E-state index contributed by atoms with van der Waals surface area (Å²) in [5.74, 6) is -1.87. The minimum atomic E-state index is -1.09. The van der Waals surface area contributed by atoms with Crippen molar-refractivity contribution in [2.24, 2.45) is 23.2 Å². The summed E-state index contributed by atoms with van der Waals surface area (Å²) in [6.45, 7) is 26.1. The summed E-state index contributed by atoms with van der Waals surface area (Å²) in [6, 6.07) is -0.848. The fourth-order valence-electron chi connectivity index (χ4n) is 8.25. The van der Waals surface area contributed by atoms with Gasteiger partial charge in [0, 0.05) is 38.3 Å². The van der Waals surface area contributed by atoms with Crippen molar-refractivity contribution in [3.05, 3.63) is 25.3 Å². The van der Waals surface area contributed by atoms with Crippen LogP contribution in [0.4, 0.5) is 0 Å². The second kappa shape index (κ2) is 12.2. The lowest BCUT2D eigenvalue weighted by Gasteiger charge is -2.45. The number of aliphatic hydroxyl groups excluding tert-OH is 1. The molecule has 3 aliphatic heterocycles. The first-order valence-corrected chi connectivity index (χ1v) is 15.5. The summed E-state index contributed by atoms with van der Waals surface area (Å²) in [5, 5.41) is 9.49. The van der Waals surface area contributed by atoms with E-state index >= 15 is 0 Å². The van der Waals surface area contributed by atoms with E-state index in [9.17, 15) is 19.5 Å². The smallest absolute Gasteiger partial charge is 0.249 e. The molecule has 0 aromatic heterocycles. The number of carbonyl (C=O) groups is 3. The van der Waals surface area contributed by atoms with Crippen molar-refractivity contribution < 1.29 is 24.2 Å². The van der Waals surface area contributed by atoms with Gasteiger partial charge in [-0.25, -0.2) is 0 Å². The first-order valence-electron chi connectivity index (χ1n) is 15.5. The highest BCUT2D eigenvalue weighted by Crippen LogP contribution is 2.65. The molecule has 1 N–H and O–H groups in total. The van der Waals surface area contributed by atoms with Crippen LogP contribution in [0.25, 0.3) is 0 Å². The molecule has 3 unspecified atom stereocenters. The van der Waals surface area contributed by atoms with Crippen LogP contribution in [0.5, 0.6) is 0 Å². The molecular formula is C33H55N3O5. The number of likely N-dealkylation sites (tertiary alicyclic amines) is 1. The molecule has 0 radical (unpaired) electrons. The fraction of sp³-hybridized carbons (Fsp3) is 0.788. The van der Waals surface area contributed by atoms with Crippen LogP contribution in [0.1, 0.15) is 87.5 Å². The van der Waals surface area contributed by atoms with Crippen molar-refractivity contribution in [1.82, 2.24) is 14.7 Å². The summed E-state index contributed by atoms with van der Waals surface area (Å²) < 4.78 is 6.95. The predicted molar refractivity (Wildman–Crippen MR) is 162 cm³/mol. The number of aliphatic hydroxyl groups is 1. The first-order chi connectivity index (χ1) is 19.1. The quantitative estimate of drug-likeness (QED) is 0.245. The highest BCUT2D eigenvalue weighted by molar-refractivity contribution is 5.99. The molecule has 3 aliphatic rings. The molecule has 8 heteroatoms. The molecule has 3 amide bonds. The third-order valence-electron chi connectivity index (χ3n) is 9.55. The molecule has 0 aromatic rings. The van der Waals surface area contributed by atoms with Gasteiger partial charge in [0.15, 0.2) is 0 Å². The third-order valence-corrected chi connectivity index (χ3v) is 9.55. The summed E-state index contributed by atoms with van der Waals surface area (Å²) in [7, 11) is 0. The van der Waals surface area contributed by atoms with Crippen molar-refractivity contribution in [3.8, 4) is 0 Å². The fourth-order valence-corrected chi connectivity index (χ4v) is 8.25. The molecule has 3 rings (SSSR count).